The molecular formula is C13H16ClFN2S. The van der Waals surface area contributed by atoms with E-state index in [0.29, 0.717) is 21.9 Å². The topological polar surface area (TPSA) is 24.4 Å². The van der Waals surface area contributed by atoms with E-state index >= 15 is 0 Å². The van der Waals surface area contributed by atoms with Gasteiger partial charge in [-0.25, -0.2) is 4.39 Å². The maximum Gasteiger partial charge on any atom is 0.161 e. The molecule has 2 rings (SSSR count). The number of hydrogen-bond donors (Lipinski definition) is 1. The Kier molecular flexibility index (Phi) is 4.51. The predicted molar refractivity (Wildman–Crippen MR) is 78.2 cm³/mol. The largest absolute Gasteiger partial charge is 0.334 e. The summed E-state index contributed by atoms with van der Waals surface area (Å²) in [5, 5.41) is 4.94. The Bertz CT molecular complexity index is 462. The molecule has 18 heavy (non-hydrogen) atoms. The minimum Gasteiger partial charge on any atom is -0.334 e. The lowest BCUT2D eigenvalue weighted by Gasteiger charge is -2.11. The van der Waals surface area contributed by atoms with Gasteiger partial charge in [-0.05, 0) is 30.5 Å². The highest BCUT2D eigenvalue weighted by molar-refractivity contribution is 8.15. The third-order valence-corrected chi connectivity index (χ3v) is 4.07. The van der Waals surface area contributed by atoms with Gasteiger partial charge in [-0.2, -0.15) is 0 Å². The van der Waals surface area contributed by atoms with E-state index in [2.05, 4.69) is 24.2 Å². The van der Waals surface area contributed by atoms with Gasteiger partial charge in [0.15, 0.2) is 5.17 Å². The maximum atomic E-state index is 12.9. The first kappa shape index (κ1) is 13.7. The maximum absolute atomic E-state index is 12.9. The summed E-state index contributed by atoms with van der Waals surface area (Å²) in [5.74, 6) is 0.343. The fraction of sp³-hybridized carbons (Fsp3) is 0.462. The van der Waals surface area contributed by atoms with E-state index in [1.807, 2.05) is 0 Å². The second kappa shape index (κ2) is 5.93. The average molecular weight is 287 g/mol. The van der Waals surface area contributed by atoms with Crippen molar-refractivity contribution in [3.05, 3.63) is 29.0 Å². The van der Waals surface area contributed by atoms with Crippen LogP contribution in [0.5, 0.6) is 0 Å². The van der Waals surface area contributed by atoms with Crippen LogP contribution in [0.2, 0.25) is 5.02 Å². The van der Waals surface area contributed by atoms with Crippen LogP contribution >= 0.6 is 23.4 Å². The molecule has 0 saturated carbocycles. The predicted octanol–water partition coefficient (Wildman–Crippen LogP) is 4.41. The fourth-order valence-corrected chi connectivity index (χ4v) is 3.32. The summed E-state index contributed by atoms with van der Waals surface area (Å²) in [7, 11) is 0. The van der Waals surface area contributed by atoms with Crippen LogP contribution in [-0.4, -0.2) is 17.0 Å². The molecule has 1 unspecified atom stereocenters. The number of rotatable bonds is 3. The molecule has 0 aromatic heterocycles. The van der Waals surface area contributed by atoms with E-state index in [1.165, 1.54) is 12.1 Å². The Morgan fingerprint density at radius 3 is 3.00 bits per heavy atom. The van der Waals surface area contributed by atoms with E-state index in [1.54, 1.807) is 17.8 Å². The summed E-state index contributed by atoms with van der Waals surface area (Å²) in [4.78, 5) is 4.45. The van der Waals surface area contributed by atoms with Crippen molar-refractivity contribution in [3.8, 4) is 0 Å². The molecule has 1 aliphatic rings. The smallest absolute Gasteiger partial charge is 0.161 e. The molecule has 1 aliphatic heterocycles. The lowest BCUT2D eigenvalue weighted by molar-refractivity contribution is 0.575. The molecule has 1 atom stereocenters. The summed E-state index contributed by atoms with van der Waals surface area (Å²) >= 11 is 7.70. The zero-order chi connectivity index (χ0) is 13.1. The SMILES string of the molecule is CC(C)CC1CN=C(Nc2ccc(F)cc2Cl)S1. The zero-order valence-corrected chi connectivity index (χ0v) is 12.0. The Labute approximate surface area is 116 Å². The third-order valence-electron chi connectivity index (χ3n) is 2.62. The summed E-state index contributed by atoms with van der Waals surface area (Å²) in [5.41, 5.74) is 0.703. The molecule has 98 valence electrons. The normalized spacial score (nSPS) is 19.2. The van der Waals surface area contributed by atoms with E-state index in [-0.39, 0.29) is 5.82 Å². The van der Waals surface area contributed by atoms with Crippen LogP contribution in [0, 0.1) is 11.7 Å². The molecule has 1 aromatic carbocycles. The van der Waals surface area contributed by atoms with Gasteiger partial charge < -0.3 is 5.32 Å². The third kappa shape index (κ3) is 3.62. The van der Waals surface area contributed by atoms with Crippen molar-refractivity contribution in [2.24, 2.45) is 10.9 Å². The standard InChI is InChI=1S/C13H16ClFN2S/c1-8(2)5-10-7-16-13(18-10)17-12-4-3-9(15)6-11(12)14/h3-4,6,8,10H,5,7H2,1-2H3,(H,16,17). The molecule has 0 bridgehead atoms. The second-order valence-corrected chi connectivity index (χ2v) is 6.46. The molecule has 1 aromatic rings. The highest BCUT2D eigenvalue weighted by Gasteiger charge is 2.21. The Morgan fingerprint density at radius 1 is 1.56 bits per heavy atom. The van der Waals surface area contributed by atoms with Gasteiger partial charge in [0.05, 0.1) is 17.3 Å². The van der Waals surface area contributed by atoms with Crippen LogP contribution in [0.25, 0.3) is 0 Å². The zero-order valence-electron chi connectivity index (χ0n) is 10.4. The van der Waals surface area contributed by atoms with Crippen molar-refractivity contribution < 1.29 is 4.39 Å². The van der Waals surface area contributed by atoms with E-state index < -0.39 is 0 Å². The molecule has 1 N–H and O–H groups in total. The second-order valence-electron chi connectivity index (χ2n) is 4.76. The molecule has 0 amide bonds. The first-order valence-electron chi connectivity index (χ1n) is 5.98. The van der Waals surface area contributed by atoms with Gasteiger partial charge in [-0.15, -0.1) is 0 Å². The lowest BCUT2D eigenvalue weighted by Crippen LogP contribution is -2.10. The number of benzene rings is 1. The Balaban J connectivity index is 1.95. The van der Waals surface area contributed by atoms with E-state index in [4.69, 9.17) is 11.6 Å². The fourth-order valence-electron chi connectivity index (χ4n) is 1.84. The van der Waals surface area contributed by atoms with Crippen LogP contribution < -0.4 is 5.32 Å². The number of aliphatic imine (C=N–C) groups is 1. The number of hydrogen-bond acceptors (Lipinski definition) is 3. The first-order chi connectivity index (χ1) is 8.54. The average Bonchev–Trinajstić information content (AvgIpc) is 2.69. The van der Waals surface area contributed by atoms with Gasteiger partial charge in [0.2, 0.25) is 0 Å². The molecule has 1 heterocycles. The van der Waals surface area contributed by atoms with Crippen LogP contribution in [0.1, 0.15) is 20.3 Å². The first-order valence-corrected chi connectivity index (χ1v) is 7.23. The summed E-state index contributed by atoms with van der Waals surface area (Å²) in [6.45, 7) is 5.26. The van der Waals surface area contributed by atoms with Crippen LogP contribution in [0.15, 0.2) is 23.2 Å². The molecule has 0 aliphatic carbocycles. The number of nitrogens with zero attached hydrogens (tertiary/aromatic N) is 1. The summed E-state index contributed by atoms with van der Waals surface area (Å²) in [6.07, 6.45) is 1.15. The van der Waals surface area contributed by atoms with Gasteiger partial charge in [0.25, 0.3) is 0 Å². The van der Waals surface area contributed by atoms with Crippen molar-refractivity contribution in [1.29, 1.82) is 0 Å². The Hall–Kier alpha value is -0.740. The van der Waals surface area contributed by atoms with Gasteiger partial charge in [-0.3, -0.25) is 4.99 Å². The molecule has 0 saturated heterocycles. The molecule has 0 fully saturated rings. The van der Waals surface area contributed by atoms with E-state index in [0.717, 1.165) is 18.1 Å². The van der Waals surface area contributed by atoms with Crippen molar-refractivity contribution in [2.75, 3.05) is 11.9 Å². The number of nitrogens with one attached hydrogen (secondary N) is 1. The van der Waals surface area contributed by atoms with Crippen molar-refractivity contribution in [3.63, 3.8) is 0 Å². The van der Waals surface area contributed by atoms with Crippen molar-refractivity contribution in [1.82, 2.24) is 0 Å². The van der Waals surface area contributed by atoms with E-state index in [9.17, 15) is 4.39 Å². The molecule has 5 heteroatoms. The van der Waals surface area contributed by atoms with Crippen LogP contribution in [0.4, 0.5) is 10.1 Å². The van der Waals surface area contributed by atoms with Gasteiger partial charge >= 0.3 is 0 Å². The highest BCUT2D eigenvalue weighted by atomic mass is 35.5. The number of halogens is 2. The number of anilines is 1. The van der Waals surface area contributed by atoms with Crippen LogP contribution in [-0.2, 0) is 0 Å². The molecule has 2 nitrogen and oxygen atoms in total. The van der Waals surface area contributed by atoms with Crippen molar-refractivity contribution in [2.45, 2.75) is 25.5 Å². The van der Waals surface area contributed by atoms with Gasteiger partial charge in [0, 0.05) is 5.25 Å². The minimum absolute atomic E-state index is 0.329. The quantitative estimate of drug-likeness (QED) is 0.890. The summed E-state index contributed by atoms with van der Waals surface area (Å²) < 4.78 is 12.9. The van der Waals surface area contributed by atoms with Gasteiger partial charge in [-0.1, -0.05) is 37.2 Å². The van der Waals surface area contributed by atoms with Crippen molar-refractivity contribution >= 4 is 34.2 Å². The molecule has 0 radical (unpaired) electrons. The lowest BCUT2D eigenvalue weighted by atomic mass is 10.1. The highest BCUT2D eigenvalue weighted by Crippen LogP contribution is 2.29. The molecule has 0 spiro atoms. The number of amidine groups is 1. The monoisotopic (exact) mass is 286 g/mol. The minimum atomic E-state index is -0.329. The van der Waals surface area contributed by atoms with Gasteiger partial charge in [0.1, 0.15) is 5.82 Å². The molecular weight excluding hydrogens is 271 g/mol. The summed E-state index contributed by atoms with van der Waals surface area (Å²) in [6, 6.07) is 4.33. The Morgan fingerprint density at radius 2 is 2.33 bits per heavy atom. The number of thioether (sulfide) groups is 1. The van der Waals surface area contributed by atoms with Crippen LogP contribution in [0.3, 0.4) is 0 Å².